The number of nitrogens with zero attached hydrogens (tertiary/aromatic N) is 4. The predicted molar refractivity (Wildman–Crippen MR) is 84.3 cm³/mol. The van der Waals surface area contributed by atoms with Crippen molar-refractivity contribution in [2.24, 2.45) is 5.92 Å². The topological polar surface area (TPSA) is 64.2 Å². The molecule has 1 saturated heterocycles. The van der Waals surface area contributed by atoms with Crippen molar-refractivity contribution in [3.63, 3.8) is 0 Å². The van der Waals surface area contributed by atoms with Crippen LogP contribution >= 0.6 is 0 Å². The molecule has 0 unspecified atom stereocenters. The van der Waals surface area contributed by atoms with E-state index in [0.29, 0.717) is 22.9 Å². The van der Waals surface area contributed by atoms with Gasteiger partial charge in [-0.1, -0.05) is 5.16 Å². The van der Waals surface area contributed by atoms with Crippen LogP contribution < -0.4 is 0 Å². The molecule has 23 heavy (non-hydrogen) atoms. The third kappa shape index (κ3) is 2.46. The monoisotopic (exact) mass is 314 g/mol. The molecule has 6 nitrogen and oxygen atoms in total. The second-order valence-corrected chi connectivity index (χ2v) is 6.92. The van der Waals surface area contributed by atoms with E-state index in [4.69, 9.17) is 4.52 Å². The van der Waals surface area contributed by atoms with Crippen LogP contribution in [0.5, 0.6) is 0 Å². The number of hydrogen-bond donors (Lipinski definition) is 0. The maximum Gasteiger partial charge on any atom is 0.259 e. The average molecular weight is 314 g/mol. The van der Waals surface area contributed by atoms with Gasteiger partial charge in [-0.3, -0.25) is 4.79 Å². The summed E-state index contributed by atoms with van der Waals surface area (Å²) in [5.74, 6) is 2.92. The first-order chi connectivity index (χ1) is 11.0. The van der Waals surface area contributed by atoms with E-state index in [1.165, 1.54) is 18.5 Å². The van der Waals surface area contributed by atoms with Crippen molar-refractivity contribution in [1.82, 2.24) is 19.6 Å². The van der Waals surface area contributed by atoms with Gasteiger partial charge in [0.2, 0.25) is 0 Å². The maximum absolute atomic E-state index is 12.6. The molecule has 122 valence electrons. The lowest BCUT2D eigenvalue weighted by molar-refractivity contribution is 0.0588. The fourth-order valence-corrected chi connectivity index (χ4v) is 3.36. The highest BCUT2D eigenvalue weighted by molar-refractivity contribution is 5.96. The molecule has 0 atom stereocenters. The first-order valence-corrected chi connectivity index (χ1v) is 8.28. The number of amides is 1. The Labute approximate surface area is 135 Å². The first kappa shape index (κ1) is 14.5. The van der Waals surface area contributed by atoms with Crippen molar-refractivity contribution >= 4 is 5.91 Å². The SMILES string of the molecule is Cc1noc(C)c1C(=O)N1CC(c2ncc(C)n2CC2CC2)C1. The molecule has 1 saturated carbocycles. The minimum Gasteiger partial charge on any atom is -0.361 e. The molecule has 2 aliphatic rings. The summed E-state index contributed by atoms with van der Waals surface area (Å²) < 4.78 is 7.45. The van der Waals surface area contributed by atoms with E-state index in [0.717, 1.165) is 31.4 Å². The molecular formula is C17H22N4O2. The van der Waals surface area contributed by atoms with Crippen molar-refractivity contribution in [2.45, 2.75) is 46.1 Å². The van der Waals surface area contributed by atoms with Gasteiger partial charge < -0.3 is 14.0 Å². The van der Waals surface area contributed by atoms with Gasteiger partial charge in [-0.05, 0) is 39.5 Å². The van der Waals surface area contributed by atoms with Gasteiger partial charge in [0.15, 0.2) is 0 Å². The van der Waals surface area contributed by atoms with Crippen molar-refractivity contribution in [1.29, 1.82) is 0 Å². The Morgan fingerprint density at radius 3 is 2.65 bits per heavy atom. The van der Waals surface area contributed by atoms with Crippen molar-refractivity contribution < 1.29 is 9.32 Å². The summed E-state index contributed by atoms with van der Waals surface area (Å²) in [6.07, 6.45) is 4.62. The Kier molecular flexibility index (Phi) is 3.28. The zero-order valence-corrected chi connectivity index (χ0v) is 13.9. The summed E-state index contributed by atoms with van der Waals surface area (Å²) in [5, 5.41) is 3.87. The molecule has 1 aliphatic heterocycles. The highest BCUT2D eigenvalue weighted by atomic mass is 16.5. The second-order valence-electron chi connectivity index (χ2n) is 6.92. The van der Waals surface area contributed by atoms with Gasteiger partial charge in [0.1, 0.15) is 17.1 Å². The third-order valence-corrected chi connectivity index (χ3v) is 5.00. The quantitative estimate of drug-likeness (QED) is 0.869. The molecule has 1 aliphatic carbocycles. The number of likely N-dealkylation sites (tertiary alicyclic amines) is 1. The summed E-state index contributed by atoms with van der Waals surface area (Å²) in [4.78, 5) is 19.1. The smallest absolute Gasteiger partial charge is 0.259 e. The number of rotatable bonds is 4. The number of aryl methyl sites for hydroxylation is 3. The van der Waals surface area contributed by atoms with Crippen LogP contribution in [0.1, 0.15) is 52.1 Å². The van der Waals surface area contributed by atoms with E-state index in [1.54, 1.807) is 6.92 Å². The molecule has 0 radical (unpaired) electrons. The summed E-state index contributed by atoms with van der Waals surface area (Å²) in [7, 11) is 0. The van der Waals surface area contributed by atoms with Gasteiger partial charge in [0, 0.05) is 31.5 Å². The molecule has 0 spiro atoms. The average Bonchev–Trinajstić information content (AvgIpc) is 3.14. The molecule has 0 N–H and O–H groups in total. The Balaban J connectivity index is 1.46. The molecule has 0 aromatic carbocycles. The van der Waals surface area contributed by atoms with Crippen LogP contribution in [0.15, 0.2) is 10.7 Å². The van der Waals surface area contributed by atoms with Gasteiger partial charge in [-0.15, -0.1) is 0 Å². The van der Waals surface area contributed by atoms with Crippen molar-refractivity contribution in [3.05, 3.63) is 34.7 Å². The summed E-state index contributed by atoms with van der Waals surface area (Å²) in [6.45, 7) is 8.25. The number of carbonyl (C=O) groups is 1. The fraction of sp³-hybridized carbons (Fsp3) is 0.588. The van der Waals surface area contributed by atoms with Gasteiger partial charge in [0.05, 0.1) is 11.6 Å². The number of hydrogen-bond acceptors (Lipinski definition) is 4. The fourth-order valence-electron chi connectivity index (χ4n) is 3.36. The minimum atomic E-state index is 0.0227. The second kappa shape index (κ2) is 5.22. The van der Waals surface area contributed by atoms with Crippen LogP contribution in [0, 0.1) is 26.7 Å². The Morgan fingerprint density at radius 2 is 2.04 bits per heavy atom. The van der Waals surface area contributed by atoms with Gasteiger partial charge in [-0.2, -0.15) is 0 Å². The molecule has 2 fully saturated rings. The number of aromatic nitrogens is 3. The lowest BCUT2D eigenvalue weighted by Gasteiger charge is -2.39. The Morgan fingerprint density at radius 1 is 1.30 bits per heavy atom. The lowest BCUT2D eigenvalue weighted by Crippen LogP contribution is -2.49. The van der Waals surface area contributed by atoms with Crippen LogP contribution in [0.2, 0.25) is 0 Å². The molecule has 4 rings (SSSR count). The Bertz CT molecular complexity index is 731. The molecule has 1 amide bonds. The Hall–Kier alpha value is -2.11. The number of imidazole rings is 1. The van der Waals surface area contributed by atoms with Crippen LogP contribution in [-0.4, -0.2) is 38.6 Å². The van der Waals surface area contributed by atoms with E-state index in [9.17, 15) is 4.79 Å². The van der Waals surface area contributed by atoms with Crippen LogP contribution in [0.3, 0.4) is 0 Å². The van der Waals surface area contributed by atoms with E-state index >= 15 is 0 Å². The summed E-state index contributed by atoms with van der Waals surface area (Å²) >= 11 is 0. The highest BCUT2D eigenvalue weighted by Crippen LogP contribution is 2.34. The third-order valence-electron chi connectivity index (χ3n) is 5.00. The van der Waals surface area contributed by atoms with E-state index in [2.05, 4.69) is 21.6 Å². The van der Waals surface area contributed by atoms with Gasteiger partial charge in [0.25, 0.3) is 5.91 Å². The molecular weight excluding hydrogens is 292 g/mol. The van der Waals surface area contributed by atoms with Crippen molar-refractivity contribution in [3.8, 4) is 0 Å². The normalized spacial score (nSPS) is 18.3. The lowest BCUT2D eigenvalue weighted by atomic mass is 9.97. The van der Waals surface area contributed by atoms with E-state index in [-0.39, 0.29) is 5.91 Å². The first-order valence-electron chi connectivity index (χ1n) is 8.28. The minimum absolute atomic E-state index is 0.0227. The molecule has 2 aromatic rings. The molecule has 0 bridgehead atoms. The zero-order chi connectivity index (χ0) is 16.1. The molecule has 2 aromatic heterocycles. The number of carbonyl (C=O) groups excluding carboxylic acids is 1. The van der Waals surface area contributed by atoms with Gasteiger partial charge in [-0.25, -0.2) is 4.98 Å². The molecule has 6 heteroatoms. The molecule has 3 heterocycles. The van der Waals surface area contributed by atoms with E-state index < -0.39 is 0 Å². The van der Waals surface area contributed by atoms with Gasteiger partial charge >= 0.3 is 0 Å². The summed E-state index contributed by atoms with van der Waals surface area (Å²) in [5.41, 5.74) is 2.50. The van der Waals surface area contributed by atoms with Crippen molar-refractivity contribution in [2.75, 3.05) is 13.1 Å². The zero-order valence-electron chi connectivity index (χ0n) is 13.9. The van der Waals surface area contributed by atoms with Crippen LogP contribution in [0.25, 0.3) is 0 Å². The van der Waals surface area contributed by atoms with Crippen LogP contribution in [-0.2, 0) is 6.54 Å². The highest BCUT2D eigenvalue weighted by Gasteiger charge is 2.37. The van der Waals surface area contributed by atoms with E-state index in [1.807, 2.05) is 18.0 Å². The predicted octanol–water partition coefficient (Wildman–Crippen LogP) is 2.45. The maximum atomic E-state index is 12.6. The standard InChI is InChI=1S/C17H22N4O2/c1-10-6-18-16(21(10)7-13-4-5-13)14-8-20(9-14)17(22)15-11(2)19-23-12(15)3/h6,13-14H,4-5,7-9H2,1-3H3. The largest absolute Gasteiger partial charge is 0.361 e. The summed E-state index contributed by atoms with van der Waals surface area (Å²) in [6, 6.07) is 0. The van der Waals surface area contributed by atoms with Crippen LogP contribution in [0.4, 0.5) is 0 Å².